The molecule has 0 spiro atoms. The van der Waals surface area contributed by atoms with Crippen molar-refractivity contribution < 1.29 is 0 Å². The van der Waals surface area contributed by atoms with Crippen LogP contribution >= 0.6 is 43.5 Å². The Morgan fingerprint density at radius 3 is 2.53 bits per heavy atom. The maximum absolute atomic E-state index is 5.60. The van der Waals surface area contributed by atoms with Crippen molar-refractivity contribution in [3.8, 4) is 0 Å². The number of nitrogens with two attached hydrogens (primary N) is 1. The first-order valence-corrected chi connectivity index (χ1v) is 6.43. The number of aryl methyl sites for hydroxylation is 1. The summed E-state index contributed by atoms with van der Waals surface area (Å²) in [5, 5.41) is 0. The van der Waals surface area contributed by atoms with Crippen LogP contribution in [-0.2, 0) is 0 Å². The Balaban J connectivity index is 3.33. The maximum Gasteiger partial charge on any atom is 0.115 e. The average Bonchev–Trinajstić information content (AvgIpc) is 2.22. The van der Waals surface area contributed by atoms with Crippen molar-refractivity contribution in [3.05, 3.63) is 26.1 Å². The van der Waals surface area contributed by atoms with Gasteiger partial charge >= 0.3 is 0 Å². The second kappa shape index (κ2) is 5.32. The first-order valence-electron chi connectivity index (χ1n) is 4.31. The van der Waals surface area contributed by atoms with Crippen molar-refractivity contribution in [2.24, 2.45) is 10.7 Å². The molecule has 2 nitrogen and oxygen atoms in total. The molecule has 0 fully saturated rings. The van der Waals surface area contributed by atoms with E-state index in [1.165, 1.54) is 0 Å². The van der Waals surface area contributed by atoms with E-state index < -0.39 is 0 Å². The molecule has 2 N–H and O–H groups in total. The number of amidine groups is 1. The molecule has 0 aromatic heterocycles. The van der Waals surface area contributed by atoms with Crippen LogP contribution in [0.4, 0.5) is 5.69 Å². The fraction of sp³-hybridized carbons (Fsp3) is 0.300. The fourth-order valence-electron chi connectivity index (χ4n) is 1.18. The van der Waals surface area contributed by atoms with Crippen LogP contribution in [0.3, 0.4) is 0 Å². The topological polar surface area (TPSA) is 38.4 Å². The summed E-state index contributed by atoms with van der Waals surface area (Å²) in [4.78, 5) is 4.23. The van der Waals surface area contributed by atoms with E-state index >= 15 is 0 Å². The first kappa shape index (κ1) is 13.0. The zero-order chi connectivity index (χ0) is 11.6. The monoisotopic (exact) mass is 352 g/mol. The summed E-state index contributed by atoms with van der Waals surface area (Å²) in [7, 11) is 0. The predicted molar refractivity (Wildman–Crippen MR) is 73.3 cm³/mol. The highest BCUT2D eigenvalue weighted by Gasteiger charge is 2.09. The van der Waals surface area contributed by atoms with Crippen molar-refractivity contribution in [1.82, 2.24) is 0 Å². The van der Waals surface area contributed by atoms with Crippen LogP contribution < -0.4 is 5.73 Å². The Hall–Kier alpha value is -0.0600. The van der Waals surface area contributed by atoms with E-state index in [0.29, 0.717) is 5.84 Å². The standard InChI is InChI=1S/C10H11Br2ClN2/c1-5-3-7(15-8(14)4-13)10(12)6(2)9(5)11/h3H,4H2,1-2H3,(H2,14,15). The number of hydrogen-bond donors (Lipinski definition) is 1. The number of rotatable bonds is 2. The van der Waals surface area contributed by atoms with E-state index in [-0.39, 0.29) is 5.88 Å². The molecule has 15 heavy (non-hydrogen) atoms. The Kier molecular flexibility index (Phi) is 4.62. The quantitative estimate of drug-likeness (QED) is 0.486. The lowest BCUT2D eigenvalue weighted by molar-refractivity contribution is 1.29. The molecule has 0 unspecified atom stereocenters. The third-order valence-electron chi connectivity index (χ3n) is 1.98. The normalized spacial score (nSPS) is 11.9. The van der Waals surface area contributed by atoms with Crippen LogP contribution in [0.15, 0.2) is 20.0 Å². The highest BCUT2D eigenvalue weighted by atomic mass is 79.9. The number of benzene rings is 1. The van der Waals surface area contributed by atoms with Crippen LogP contribution in [0.1, 0.15) is 11.1 Å². The first-order chi connectivity index (χ1) is 6.97. The molecule has 0 radical (unpaired) electrons. The van der Waals surface area contributed by atoms with Crippen molar-refractivity contribution in [2.75, 3.05) is 5.88 Å². The summed E-state index contributed by atoms with van der Waals surface area (Å²) >= 11 is 12.6. The highest BCUT2D eigenvalue weighted by molar-refractivity contribution is 9.11. The Morgan fingerprint density at radius 1 is 1.40 bits per heavy atom. The molecule has 0 aliphatic carbocycles. The smallest absolute Gasteiger partial charge is 0.115 e. The summed E-state index contributed by atoms with van der Waals surface area (Å²) in [6.07, 6.45) is 0. The molecule has 0 aliphatic heterocycles. The van der Waals surface area contributed by atoms with Crippen LogP contribution in [-0.4, -0.2) is 11.7 Å². The zero-order valence-corrected chi connectivity index (χ0v) is 12.4. The molecular weight excluding hydrogens is 343 g/mol. The van der Waals surface area contributed by atoms with Gasteiger partial charge in [0.25, 0.3) is 0 Å². The molecule has 0 heterocycles. The molecular formula is C10H11Br2ClN2. The van der Waals surface area contributed by atoms with Crippen molar-refractivity contribution >= 4 is 55.0 Å². The summed E-state index contributed by atoms with van der Waals surface area (Å²) < 4.78 is 2.02. The van der Waals surface area contributed by atoms with Gasteiger partial charge in [-0.1, -0.05) is 15.9 Å². The van der Waals surface area contributed by atoms with E-state index in [4.69, 9.17) is 17.3 Å². The van der Waals surface area contributed by atoms with Gasteiger partial charge in [-0.05, 0) is 47.0 Å². The van der Waals surface area contributed by atoms with Gasteiger partial charge < -0.3 is 5.73 Å². The Morgan fingerprint density at radius 2 is 2.00 bits per heavy atom. The maximum atomic E-state index is 5.60. The van der Waals surface area contributed by atoms with Crippen molar-refractivity contribution in [2.45, 2.75) is 13.8 Å². The van der Waals surface area contributed by atoms with Gasteiger partial charge in [0.05, 0.1) is 11.6 Å². The average molecular weight is 354 g/mol. The van der Waals surface area contributed by atoms with E-state index in [1.54, 1.807) is 0 Å². The van der Waals surface area contributed by atoms with Gasteiger partial charge in [0, 0.05) is 8.95 Å². The van der Waals surface area contributed by atoms with Crippen LogP contribution in [0, 0.1) is 13.8 Å². The lowest BCUT2D eigenvalue weighted by Crippen LogP contribution is -2.12. The van der Waals surface area contributed by atoms with Gasteiger partial charge in [0.15, 0.2) is 0 Å². The summed E-state index contributed by atoms with van der Waals surface area (Å²) in [6, 6.07) is 1.96. The van der Waals surface area contributed by atoms with Crippen LogP contribution in [0.25, 0.3) is 0 Å². The van der Waals surface area contributed by atoms with Gasteiger partial charge in [0.2, 0.25) is 0 Å². The minimum Gasteiger partial charge on any atom is -0.386 e. The van der Waals surface area contributed by atoms with Crippen LogP contribution in [0.5, 0.6) is 0 Å². The molecule has 0 saturated carbocycles. The number of halogens is 3. The molecule has 5 heteroatoms. The van der Waals surface area contributed by atoms with Crippen molar-refractivity contribution in [3.63, 3.8) is 0 Å². The highest BCUT2D eigenvalue weighted by Crippen LogP contribution is 2.35. The van der Waals surface area contributed by atoms with E-state index in [0.717, 1.165) is 25.8 Å². The summed E-state index contributed by atoms with van der Waals surface area (Å²) in [5.41, 5.74) is 8.64. The van der Waals surface area contributed by atoms with Gasteiger partial charge in [-0.2, -0.15) is 0 Å². The third kappa shape index (κ3) is 2.95. The van der Waals surface area contributed by atoms with Gasteiger partial charge in [-0.15, -0.1) is 11.6 Å². The SMILES string of the molecule is Cc1cc(N=C(N)CCl)c(Br)c(C)c1Br. The zero-order valence-electron chi connectivity index (χ0n) is 8.44. The molecule has 0 aliphatic rings. The minimum absolute atomic E-state index is 0.237. The number of nitrogens with zero attached hydrogens (tertiary/aromatic N) is 1. The molecule has 1 rings (SSSR count). The van der Waals surface area contributed by atoms with Gasteiger partial charge in [-0.3, -0.25) is 0 Å². The molecule has 0 saturated heterocycles. The Labute approximate surface area is 111 Å². The van der Waals surface area contributed by atoms with Crippen molar-refractivity contribution in [1.29, 1.82) is 0 Å². The molecule has 1 aromatic rings. The van der Waals surface area contributed by atoms with Crippen LogP contribution in [0.2, 0.25) is 0 Å². The van der Waals surface area contributed by atoms with Gasteiger partial charge in [0.1, 0.15) is 5.84 Å². The van der Waals surface area contributed by atoms with E-state index in [1.807, 2.05) is 19.9 Å². The van der Waals surface area contributed by atoms with Gasteiger partial charge in [-0.25, -0.2) is 4.99 Å². The fourth-order valence-corrected chi connectivity index (χ4v) is 2.22. The Bertz CT molecular complexity index is 416. The second-order valence-corrected chi connectivity index (χ2v) is 5.06. The number of aliphatic imine (C=N–C) groups is 1. The minimum atomic E-state index is 0.237. The largest absolute Gasteiger partial charge is 0.386 e. The second-order valence-electron chi connectivity index (χ2n) is 3.20. The molecule has 1 aromatic carbocycles. The molecule has 0 atom stereocenters. The van der Waals surface area contributed by atoms with E-state index in [9.17, 15) is 0 Å². The summed E-state index contributed by atoms with van der Waals surface area (Å²) in [5.74, 6) is 0.652. The molecule has 0 amide bonds. The number of hydrogen-bond acceptors (Lipinski definition) is 1. The molecule has 82 valence electrons. The molecule has 0 bridgehead atoms. The predicted octanol–water partition coefficient (Wildman–Crippen LogP) is 4.06. The summed E-state index contributed by atoms with van der Waals surface area (Å²) in [6.45, 7) is 4.02. The van der Waals surface area contributed by atoms with E-state index in [2.05, 4.69) is 36.9 Å². The number of alkyl halides is 1. The lowest BCUT2D eigenvalue weighted by atomic mass is 10.1. The lowest BCUT2D eigenvalue weighted by Gasteiger charge is -2.09. The third-order valence-corrected chi connectivity index (χ3v) is 4.48.